The van der Waals surface area contributed by atoms with Gasteiger partial charge in [0, 0.05) is 37.9 Å². The molecule has 3 aromatic rings. The number of hydrogen-bond acceptors (Lipinski definition) is 4. The normalized spacial score (nSPS) is 14.9. The third-order valence-electron chi connectivity index (χ3n) is 4.35. The molecule has 1 fully saturated rings. The lowest BCUT2D eigenvalue weighted by molar-refractivity contribution is 0.0533. The molecular weight excluding hydrogens is 324 g/mol. The number of rotatable bonds is 2. The van der Waals surface area contributed by atoms with Crippen molar-refractivity contribution < 1.29 is 14.0 Å². The van der Waals surface area contributed by atoms with Crippen LogP contribution in [0.15, 0.2) is 45.7 Å². The number of aromatic amines is 2. The molecule has 0 saturated carbocycles. The number of nitrogens with zero attached hydrogens (tertiary/aromatic N) is 2. The van der Waals surface area contributed by atoms with Crippen LogP contribution in [0.1, 0.15) is 20.8 Å². The molecule has 2 N–H and O–H groups in total. The summed E-state index contributed by atoms with van der Waals surface area (Å²) >= 11 is 0. The molecule has 0 spiro atoms. The molecule has 25 heavy (non-hydrogen) atoms. The van der Waals surface area contributed by atoms with Gasteiger partial charge in [0.25, 0.3) is 11.8 Å². The topological polar surface area (TPSA) is 102 Å². The maximum absolute atomic E-state index is 12.6. The SMILES string of the molecule is O=C(c1ccc2oc(=O)[nH]c2c1)N1CCN(C(=O)c2ccc[nH]2)CC1. The van der Waals surface area contributed by atoms with Crippen LogP contribution in [-0.4, -0.2) is 57.8 Å². The Morgan fingerprint density at radius 1 is 1.00 bits per heavy atom. The summed E-state index contributed by atoms with van der Waals surface area (Å²) in [4.78, 5) is 45.0. The Hall–Kier alpha value is -3.29. The number of nitrogens with one attached hydrogen (secondary N) is 2. The average molecular weight is 340 g/mol. The van der Waals surface area contributed by atoms with E-state index in [2.05, 4.69) is 9.97 Å². The van der Waals surface area contributed by atoms with Crippen LogP contribution in [0.3, 0.4) is 0 Å². The van der Waals surface area contributed by atoms with Gasteiger partial charge in [-0.2, -0.15) is 0 Å². The number of piperazine rings is 1. The van der Waals surface area contributed by atoms with Gasteiger partial charge in [0.15, 0.2) is 5.58 Å². The monoisotopic (exact) mass is 340 g/mol. The Kier molecular flexibility index (Phi) is 3.64. The summed E-state index contributed by atoms with van der Waals surface area (Å²) in [6.07, 6.45) is 1.71. The summed E-state index contributed by atoms with van der Waals surface area (Å²) in [7, 11) is 0. The lowest BCUT2D eigenvalue weighted by Crippen LogP contribution is -2.50. The van der Waals surface area contributed by atoms with Gasteiger partial charge in [0.1, 0.15) is 5.69 Å². The van der Waals surface area contributed by atoms with E-state index in [1.807, 2.05) is 0 Å². The van der Waals surface area contributed by atoms with Crippen molar-refractivity contribution in [2.75, 3.05) is 26.2 Å². The highest BCUT2D eigenvalue weighted by Gasteiger charge is 2.26. The number of H-pyrrole nitrogens is 2. The molecule has 8 heteroatoms. The fourth-order valence-corrected chi connectivity index (χ4v) is 3.01. The second-order valence-corrected chi connectivity index (χ2v) is 5.89. The smallest absolute Gasteiger partial charge is 0.408 e. The van der Waals surface area contributed by atoms with Crippen molar-refractivity contribution in [1.82, 2.24) is 19.8 Å². The predicted molar refractivity (Wildman–Crippen MR) is 89.4 cm³/mol. The minimum absolute atomic E-state index is 0.0607. The molecule has 128 valence electrons. The van der Waals surface area contributed by atoms with Gasteiger partial charge in [-0.25, -0.2) is 4.79 Å². The molecular formula is C17H16N4O4. The van der Waals surface area contributed by atoms with Crippen LogP contribution in [0, 0.1) is 0 Å². The molecule has 1 aliphatic rings. The molecule has 1 aromatic carbocycles. The lowest BCUT2D eigenvalue weighted by Gasteiger charge is -2.34. The summed E-state index contributed by atoms with van der Waals surface area (Å²) < 4.78 is 4.94. The van der Waals surface area contributed by atoms with Crippen LogP contribution in [0.2, 0.25) is 0 Å². The van der Waals surface area contributed by atoms with Crippen LogP contribution in [-0.2, 0) is 0 Å². The number of carbonyl (C=O) groups is 2. The van der Waals surface area contributed by atoms with E-state index in [-0.39, 0.29) is 11.8 Å². The first-order valence-electron chi connectivity index (χ1n) is 7.96. The van der Waals surface area contributed by atoms with Gasteiger partial charge in [-0.05, 0) is 30.3 Å². The van der Waals surface area contributed by atoms with Gasteiger partial charge < -0.3 is 19.2 Å². The van der Waals surface area contributed by atoms with Crippen LogP contribution in [0.4, 0.5) is 0 Å². The van der Waals surface area contributed by atoms with Gasteiger partial charge in [-0.3, -0.25) is 14.6 Å². The number of fused-ring (bicyclic) bond motifs is 1. The van der Waals surface area contributed by atoms with E-state index in [0.717, 1.165) is 0 Å². The van der Waals surface area contributed by atoms with Gasteiger partial charge in [0.2, 0.25) is 0 Å². The van der Waals surface area contributed by atoms with E-state index in [0.29, 0.717) is 48.5 Å². The number of hydrogen-bond donors (Lipinski definition) is 2. The maximum atomic E-state index is 12.6. The highest BCUT2D eigenvalue weighted by Crippen LogP contribution is 2.16. The predicted octanol–water partition coefficient (Wildman–Crippen LogP) is 1.05. The first kappa shape index (κ1) is 15.3. The quantitative estimate of drug-likeness (QED) is 0.728. The van der Waals surface area contributed by atoms with E-state index < -0.39 is 5.76 Å². The van der Waals surface area contributed by atoms with E-state index >= 15 is 0 Å². The summed E-state index contributed by atoms with van der Waals surface area (Å²) in [6, 6.07) is 8.37. The first-order chi connectivity index (χ1) is 12.1. The van der Waals surface area contributed by atoms with Crippen molar-refractivity contribution in [3.8, 4) is 0 Å². The van der Waals surface area contributed by atoms with Crippen molar-refractivity contribution in [1.29, 1.82) is 0 Å². The molecule has 8 nitrogen and oxygen atoms in total. The van der Waals surface area contributed by atoms with Gasteiger partial charge in [-0.15, -0.1) is 0 Å². The summed E-state index contributed by atoms with van der Waals surface area (Å²) in [6.45, 7) is 1.89. The zero-order valence-corrected chi connectivity index (χ0v) is 13.3. The highest BCUT2D eigenvalue weighted by molar-refractivity contribution is 5.97. The van der Waals surface area contributed by atoms with E-state index in [1.165, 1.54) is 0 Å². The molecule has 1 aliphatic heterocycles. The van der Waals surface area contributed by atoms with Crippen molar-refractivity contribution in [3.63, 3.8) is 0 Å². The maximum Gasteiger partial charge on any atom is 0.417 e. The van der Waals surface area contributed by atoms with E-state index in [1.54, 1.807) is 46.3 Å². The minimum atomic E-state index is -0.545. The third-order valence-corrected chi connectivity index (χ3v) is 4.35. The zero-order valence-electron chi connectivity index (χ0n) is 13.3. The number of oxazole rings is 1. The van der Waals surface area contributed by atoms with E-state index in [4.69, 9.17) is 4.42 Å². The van der Waals surface area contributed by atoms with Crippen molar-refractivity contribution in [3.05, 3.63) is 58.3 Å². The molecule has 0 unspecified atom stereocenters. The summed E-state index contributed by atoms with van der Waals surface area (Å²) in [5.41, 5.74) is 1.95. The second kappa shape index (κ2) is 5.97. The average Bonchev–Trinajstić information content (AvgIpc) is 3.28. The molecule has 3 heterocycles. The van der Waals surface area contributed by atoms with Crippen LogP contribution in [0.5, 0.6) is 0 Å². The highest BCUT2D eigenvalue weighted by atomic mass is 16.4. The molecule has 0 radical (unpaired) electrons. The zero-order chi connectivity index (χ0) is 17.4. The van der Waals surface area contributed by atoms with Crippen molar-refractivity contribution in [2.24, 2.45) is 0 Å². The number of benzene rings is 1. The van der Waals surface area contributed by atoms with Crippen LogP contribution < -0.4 is 5.76 Å². The Morgan fingerprint density at radius 3 is 2.40 bits per heavy atom. The Morgan fingerprint density at radius 2 is 1.72 bits per heavy atom. The number of carbonyl (C=O) groups excluding carboxylic acids is 2. The largest absolute Gasteiger partial charge is 0.417 e. The van der Waals surface area contributed by atoms with Gasteiger partial charge in [0.05, 0.1) is 5.52 Å². The summed E-state index contributed by atoms with van der Waals surface area (Å²) in [5, 5.41) is 0. The fourth-order valence-electron chi connectivity index (χ4n) is 3.01. The van der Waals surface area contributed by atoms with Crippen LogP contribution >= 0.6 is 0 Å². The van der Waals surface area contributed by atoms with Crippen molar-refractivity contribution >= 4 is 22.9 Å². The minimum Gasteiger partial charge on any atom is -0.408 e. The Balaban J connectivity index is 1.45. The Labute approximate surface area is 142 Å². The Bertz CT molecular complexity index is 978. The molecule has 4 rings (SSSR count). The number of aromatic nitrogens is 2. The van der Waals surface area contributed by atoms with Gasteiger partial charge >= 0.3 is 5.76 Å². The van der Waals surface area contributed by atoms with Crippen molar-refractivity contribution in [2.45, 2.75) is 0 Å². The molecule has 0 bridgehead atoms. The molecule has 1 saturated heterocycles. The first-order valence-corrected chi connectivity index (χ1v) is 7.96. The number of amides is 2. The third kappa shape index (κ3) is 2.82. The molecule has 0 atom stereocenters. The van der Waals surface area contributed by atoms with Crippen LogP contribution in [0.25, 0.3) is 11.1 Å². The second-order valence-electron chi connectivity index (χ2n) is 5.89. The lowest BCUT2D eigenvalue weighted by atomic mass is 10.1. The van der Waals surface area contributed by atoms with E-state index in [9.17, 15) is 14.4 Å². The fraction of sp³-hybridized carbons (Fsp3) is 0.235. The molecule has 2 aromatic heterocycles. The molecule has 0 aliphatic carbocycles. The molecule has 2 amide bonds. The summed E-state index contributed by atoms with van der Waals surface area (Å²) in [5.74, 6) is -0.735. The standard InChI is InChI=1S/C17H16N4O4/c22-15(11-3-4-14-13(10-11)19-17(24)25-14)20-6-8-21(9-7-20)16(23)12-2-1-5-18-12/h1-5,10,18H,6-9H2,(H,19,24). The van der Waals surface area contributed by atoms with Gasteiger partial charge in [-0.1, -0.05) is 0 Å².